The number of halogens is 2. The Hall–Kier alpha value is -1.82. The van der Waals surface area contributed by atoms with E-state index in [0.29, 0.717) is 5.56 Å². The lowest BCUT2D eigenvalue weighted by molar-refractivity contribution is -0.153. The Balaban J connectivity index is 2.14. The van der Waals surface area contributed by atoms with E-state index in [0.717, 1.165) is 32.0 Å². The maximum atomic E-state index is 14.3. The van der Waals surface area contributed by atoms with Crippen LogP contribution in [0.15, 0.2) is 12.1 Å². The molecule has 1 heterocycles. The van der Waals surface area contributed by atoms with Crippen molar-refractivity contribution in [1.82, 2.24) is 4.90 Å². The fraction of sp³-hybridized carbons (Fsp3) is 0.529. The van der Waals surface area contributed by atoms with Crippen molar-refractivity contribution in [3.8, 4) is 0 Å². The van der Waals surface area contributed by atoms with Gasteiger partial charge in [-0.3, -0.25) is 4.79 Å². The average molecular weight is 325 g/mol. The van der Waals surface area contributed by atoms with Gasteiger partial charge in [0.2, 0.25) is 5.78 Å². The van der Waals surface area contributed by atoms with Crippen LogP contribution in [0.3, 0.4) is 0 Å². The van der Waals surface area contributed by atoms with Crippen LogP contribution in [0.4, 0.5) is 8.78 Å². The quantitative estimate of drug-likeness (QED) is 0.616. The topological polar surface area (TPSA) is 46.6 Å². The number of likely N-dealkylation sites (tertiary alicyclic amines) is 1. The minimum atomic E-state index is -1.02. The maximum Gasteiger partial charge on any atom is 0.374 e. The highest BCUT2D eigenvalue weighted by atomic mass is 19.1. The molecule has 1 saturated heterocycles. The molecule has 1 aliphatic heterocycles. The van der Waals surface area contributed by atoms with Gasteiger partial charge in [-0.25, -0.2) is 13.6 Å². The van der Waals surface area contributed by atoms with Crippen LogP contribution in [0.2, 0.25) is 0 Å². The van der Waals surface area contributed by atoms with E-state index in [4.69, 9.17) is 0 Å². The molecule has 0 atom stereocenters. The van der Waals surface area contributed by atoms with Crippen molar-refractivity contribution in [1.29, 1.82) is 0 Å². The van der Waals surface area contributed by atoms with Gasteiger partial charge in [0.05, 0.1) is 6.61 Å². The number of carbonyl (C=O) groups is 2. The fourth-order valence-electron chi connectivity index (χ4n) is 2.83. The van der Waals surface area contributed by atoms with Crippen LogP contribution in [0, 0.1) is 11.6 Å². The summed E-state index contributed by atoms with van der Waals surface area (Å²) in [6.45, 7) is 3.32. The normalized spacial score (nSPS) is 16.3. The van der Waals surface area contributed by atoms with Gasteiger partial charge in [-0.2, -0.15) is 0 Å². The third-order valence-electron chi connectivity index (χ3n) is 4.18. The lowest BCUT2D eigenvalue weighted by atomic mass is 9.88. The first-order chi connectivity index (χ1) is 10.9. The van der Waals surface area contributed by atoms with Gasteiger partial charge >= 0.3 is 5.97 Å². The third-order valence-corrected chi connectivity index (χ3v) is 4.18. The van der Waals surface area contributed by atoms with Crippen LogP contribution < -0.4 is 0 Å². The average Bonchev–Trinajstić information content (AvgIpc) is 2.51. The molecule has 0 amide bonds. The fourth-order valence-corrected chi connectivity index (χ4v) is 2.83. The van der Waals surface area contributed by atoms with Gasteiger partial charge in [0.25, 0.3) is 0 Å². The molecule has 1 fully saturated rings. The molecule has 1 aromatic carbocycles. The molecule has 0 spiro atoms. The molecular formula is C17H21F2NO3. The van der Waals surface area contributed by atoms with E-state index < -0.39 is 29.8 Å². The van der Waals surface area contributed by atoms with Crippen molar-refractivity contribution in [3.63, 3.8) is 0 Å². The number of hydrogen-bond donors (Lipinski definition) is 0. The van der Waals surface area contributed by atoms with Crippen molar-refractivity contribution in [2.45, 2.75) is 32.1 Å². The molecular weight excluding hydrogens is 304 g/mol. The standard InChI is InChI=1S/C17H21F2NO3/c1-3-23-17(22)16(21)9-12-8-15(19)13(10-14(12)18)11-4-6-20(2)7-5-11/h8,10-11H,3-7,9H2,1-2H3. The van der Waals surface area contributed by atoms with Gasteiger partial charge in [0, 0.05) is 6.42 Å². The maximum absolute atomic E-state index is 14.3. The zero-order valence-corrected chi connectivity index (χ0v) is 13.4. The summed E-state index contributed by atoms with van der Waals surface area (Å²) in [6.07, 6.45) is 1.05. The highest BCUT2D eigenvalue weighted by Gasteiger charge is 2.24. The number of nitrogens with zero attached hydrogens (tertiary/aromatic N) is 1. The summed E-state index contributed by atoms with van der Waals surface area (Å²) >= 11 is 0. The van der Waals surface area contributed by atoms with Gasteiger partial charge in [-0.1, -0.05) is 0 Å². The van der Waals surface area contributed by atoms with Crippen molar-refractivity contribution in [3.05, 3.63) is 34.9 Å². The molecule has 0 bridgehead atoms. The molecule has 0 N–H and O–H groups in total. The number of ketones is 1. The number of benzene rings is 1. The van der Waals surface area contributed by atoms with Crippen LogP contribution in [-0.4, -0.2) is 43.4 Å². The molecule has 0 aliphatic carbocycles. The van der Waals surface area contributed by atoms with E-state index in [-0.39, 0.29) is 18.1 Å². The largest absolute Gasteiger partial charge is 0.460 e. The number of hydrogen-bond acceptors (Lipinski definition) is 4. The summed E-state index contributed by atoms with van der Waals surface area (Å²) < 4.78 is 33.1. The Bertz CT molecular complexity index is 596. The van der Waals surface area contributed by atoms with E-state index in [9.17, 15) is 18.4 Å². The van der Waals surface area contributed by atoms with Crippen molar-refractivity contribution in [2.24, 2.45) is 0 Å². The number of ether oxygens (including phenoxy) is 1. The number of carbonyl (C=O) groups excluding carboxylic acids is 2. The van der Waals surface area contributed by atoms with Crippen LogP contribution in [0.25, 0.3) is 0 Å². The number of esters is 1. The molecule has 0 aromatic heterocycles. The second-order valence-corrected chi connectivity index (χ2v) is 5.86. The van der Waals surface area contributed by atoms with E-state index in [1.807, 2.05) is 7.05 Å². The highest BCUT2D eigenvalue weighted by Crippen LogP contribution is 2.31. The zero-order valence-electron chi connectivity index (χ0n) is 13.4. The second-order valence-electron chi connectivity index (χ2n) is 5.86. The van der Waals surface area contributed by atoms with Crippen molar-refractivity contribution < 1.29 is 23.1 Å². The summed E-state index contributed by atoms with van der Waals surface area (Å²) in [5, 5.41) is 0. The summed E-state index contributed by atoms with van der Waals surface area (Å²) in [7, 11) is 2.00. The van der Waals surface area contributed by atoms with Gasteiger partial charge in [-0.15, -0.1) is 0 Å². The van der Waals surface area contributed by atoms with E-state index in [1.54, 1.807) is 6.92 Å². The Kier molecular flexibility index (Phi) is 5.82. The predicted octanol–water partition coefficient (Wildman–Crippen LogP) is 2.45. The van der Waals surface area contributed by atoms with Crippen molar-refractivity contribution >= 4 is 11.8 Å². The SMILES string of the molecule is CCOC(=O)C(=O)Cc1cc(F)c(C2CCN(C)CC2)cc1F. The lowest BCUT2D eigenvalue weighted by Gasteiger charge is -2.29. The molecule has 4 nitrogen and oxygen atoms in total. The summed E-state index contributed by atoms with van der Waals surface area (Å²) in [5.41, 5.74) is 0.236. The van der Waals surface area contributed by atoms with Crippen LogP contribution >= 0.6 is 0 Å². The third kappa shape index (κ3) is 4.34. The van der Waals surface area contributed by atoms with Gasteiger partial charge in [0.1, 0.15) is 11.6 Å². The van der Waals surface area contributed by atoms with Crippen LogP contribution in [0.1, 0.15) is 36.8 Å². The van der Waals surface area contributed by atoms with Gasteiger partial charge in [-0.05, 0) is 69.1 Å². The number of rotatable bonds is 5. The second kappa shape index (κ2) is 7.64. The monoisotopic (exact) mass is 325 g/mol. The molecule has 126 valence electrons. The summed E-state index contributed by atoms with van der Waals surface area (Å²) in [5.74, 6) is -3.09. The highest BCUT2D eigenvalue weighted by molar-refractivity contribution is 6.34. The smallest absolute Gasteiger partial charge is 0.374 e. The summed E-state index contributed by atoms with van der Waals surface area (Å²) in [4.78, 5) is 25.1. The number of Topliss-reactive ketones (excluding diaryl/α,β-unsaturated/α-hetero) is 1. The Morgan fingerprint density at radius 2 is 1.87 bits per heavy atom. The number of piperidine rings is 1. The zero-order chi connectivity index (χ0) is 17.0. The predicted molar refractivity (Wildman–Crippen MR) is 81.2 cm³/mol. The van der Waals surface area contributed by atoms with Gasteiger partial charge in [0.15, 0.2) is 0 Å². The lowest BCUT2D eigenvalue weighted by Crippen LogP contribution is -2.29. The van der Waals surface area contributed by atoms with E-state index in [2.05, 4.69) is 9.64 Å². The first-order valence-corrected chi connectivity index (χ1v) is 7.78. The summed E-state index contributed by atoms with van der Waals surface area (Å²) in [6, 6.07) is 2.19. The van der Waals surface area contributed by atoms with Crippen LogP contribution in [0.5, 0.6) is 0 Å². The molecule has 1 aliphatic rings. The van der Waals surface area contributed by atoms with Gasteiger partial charge < -0.3 is 9.64 Å². The Morgan fingerprint density at radius 1 is 1.22 bits per heavy atom. The molecule has 23 heavy (non-hydrogen) atoms. The van der Waals surface area contributed by atoms with E-state index in [1.165, 1.54) is 6.07 Å². The first kappa shape index (κ1) is 17.5. The Labute approximate surface area is 134 Å². The molecule has 1 aromatic rings. The van der Waals surface area contributed by atoms with Crippen LogP contribution in [-0.2, 0) is 20.7 Å². The molecule has 0 radical (unpaired) electrons. The minimum Gasteiger partial charge on any atom is -0.460 e. The Morgan fingerprint density at radius 3 is 2.48 bits per heavy atom. The molecule has 6 heteroatoms. The van der Waals surface area contributed by atoms with E-state index >= 15 is 0 Å². The minimum absolute atomic E-state index is 0.0180. The molecule has 2 rings (SSSR count). The van der Waals surface area contributed by atoms with Crippen molar-refractivity contribution in [2.75, 3.05) is 26.7 Å². The first-order valence-electron chi connectivity index (χ1n) is 7.78. The molecule has 0 saturated carbocycles. The molecule has 0 unspecified atom stereocenters.